The summed E-state index contributed by atoms with van der Waals surface area (Å²) in [6.45, 7) is 4.07. The largest absolute Gasteiger partial charge is 0.274 e. The molecule has 98 valence electrons. The SMILES string of the molecule is CC(C)N=C(Cl)C(c1ccccc1)c1ccccc1. The first-order valence-electron chi connectivity index (χ1n) is 6.51. The Kier molecular flexibility index (Phi) is 4.75. The summed E-state index contributed by atoms with van der Waals surface area (Å²) in [6.07, 6.45) is 0. The van der Waals surface area contributed by atoms with Gasteiger partial charge in [0.05, 0.1) is 5.92 Å². The summed E-state index contributed by atoms with van der Waals surface area (Å²) in [4.78, 5) is 4.51. The Morgan fingerprint density at radius 3 is 1.63 bits per heavy atom. The highest BCUT2D eigenvalue weighted by Gasteiger charge is 2.18. The first-order valence-corrected chi connectivity index (χ1v) is 6.89. The van der Waals surface area contributed by atoms with Crippen LogP contribution in [0, 0.1) is 0 Å². The molecule has 0 bridgehead atoms. The van der Waals surface area contributed by atoms with E-state index < -0.39 is 0 Å². The number of nitrogens with zero attached hydrogens (tertiary/aromatic N) is 1. The quantitative estimate of drug-likeness (QED) is 0.704. The Morgan fingerprint density at radius 2 is 1.26 bits per heavy atom. The van der Waals surface area contributed by atoms with E-state index in [0.29, 0.717) is 5.17 Å². The van der Waals surface area contributed by atoms with Gasteiger partial charge >= 0.3 is 0 Å². The normalized spacial score (nSPS) is 12.2. The predicted octanol–water partition coefficient (Wildman–Crippen LogP) is 4.86. The highest BCUT2D eigenvalue weighted by Crippen LogP contribution is 2.28. The third-order valence-electron chi connectivity index (χ3n) is 2.89. The van der Waals surface area contributed by atoms with Crippen LogP contribution in [0.3, 0.4) is 0 Å². The summed E-state index contributed by atoms with van der Waals surface area (Å²) in [5, 5.41) is 0.646. The minimum absolute atomic E-state index is 0.0199. The van der Waals surface area contributed by atoms with Gasteiger partial charge in [-0.2, -0.15) is 0 Å². The molecule has 2 aromatic rings. The first kappa shape index (κ1) is 13.8. The molecule has 0 amide bonds. The molecule has 2 heteroatoms. The molecule has 0 spiro atoms. The lowest BCUT2D eigenvalue weighted by Gasteiger charge is -2.17. The number of rotatable bonds is 4. The second kappa shape index (κ2) is 6.53. The number of benzene rings is 2. The number of hydrogen-bond acceptors (Lipinski definition) is 1. The zero-order valence-corrected chi connectivity index (χ0v) is 12.0. The molecule has 0 aromatic heterocycles. The molecule has 2 rings (SSSR count). The van der Waals surface area contributed by atoms with Gasteiger partial charge in [0.25, 0.3) is 0 Å². The van der Waals surface area contributed by atoms with Crippen molar-refractivity contribution in [2.45, 2.75) is 25.8 Å². The van der Waals surface area contributed by atoms with Gasteiger partial charge in [-0.05, 0) is 25.0 Å². The molecule has 0 unspecified atom stereocenters. The van der Waals surface area contributed by atoms with Crippen LogP contribution in [0.5, 0.6) is 0 Å². The monoisotopic (exact) mass is 271 g/mol. The molecule has 0 aliphatic rings. The Hall–Kier alpha value is -1.60. The van der Waals surface area contributed by atoms with Gasteiger partial charge in [-0.15, -0.1) is 0 Å². The number of hydrogen-bond donors (Lipinski definition) is 0. The number of halogens is 1. The molecule has 0 N–H and O–H groups in total. The zero-order chi connectivity index (χ0) is 13.7. The minimum Gasteiger partial charge on any atom is -0.274 e. The molecule has 2 aromatic carbocycles. The van der Waals surface area contributed by atoms with Crippen molar-refractivity contribution in [3.05, 3.63) is 71.8 Å². The van der Waals surface area contributed by atoms with Gasteiger partial charge in [-0.25, -0.2) is 0 Å². The van der Waals surface area contributed by atoms with Crippen LogP contribution in [0.4, 0.5) is 0 Å². The smallest absolute Gasteiger partial charge is 0.112 e. The number of aliphatic imine (C=N–C) groups is 1. The van der Waals surface area contributed by atoms with Crippen LogP contribution >= 0.6 is 11.6 Å². The molecular weight excluding hydrogens is 254 g/mol. The van der Waals surface area contributed by atoms with E-state index in [0.717, 1.165) is 0 Å². The Balaban J connectivity index is 2.46. The fraction of sp³-hybridized carbons (Fsp3) is 0.235. The van der Waals surface area contributed by atoms with Gasteiger partial charge in [0.15, 0.2) is 0 Å². The third-order valence-corrected chi connectivity index (χ3v) is 3.20. The maximum absolute atomic E-state index is 6.46. The van der Waals surface area contributed by atoms with Crippen molar-refractivity contribution in [2.24, 2.45) is 4.99 Å². The molecule has 1 nitrogen and oxygen atoms in total. The fourth-order valence-electron chi connectivity index (χ4n) is 2.08. The Morgan fingerprint density at radius 1 is 0.842 bits per heavy atom. The van der Waals surface area contributed by atoms with Crippen LogP contribution in [0.2, 0.25) is 0 Å². The summed E-state index contributed by atoms with van der Waals surface area (Å²) in [6, 6.07) is 20.7. The van der Waals surface area contributed by atoms with Crippen LogP contribution in [-0.2, 0) is 0 Å². The highest BCUT2D eigenvalue weighted by molar-refractivity contribution is 6.67. The summed E-state index contributed by atoms with van der Waals surface area (Å²) < 4.78 is 0. The topological polar surface area (TPSA) is 12.4 Å². The molecule has 0 radical (unpaired) electrons. The molecule has 0 saturated carbocycles. The molecule has 0 heterocycles. The van der Waals surface area contributed by atoms with E-state index in [1.165, 1.54) is 11.1 Å². The Labute approximate surface area is 120 Å². The van der Waals surface area contributed by atoms with Crippen LogP contribution < -0.4 is 0 Å². The van der Waals surface area contributed by atoms with Crippen molar-refractivity contribution in [1.29, 1.82) is 0 Å². The maximum atomic E-state index is 6.46. The standard InChI is InChI=1S/C17H18ClN/c1-13(2)19-17(18)16(14-9-5-3-6-10-14)15-11-7-4-8-12-15/h3-13,16H,1-2H3. The second-order valence-corrected chi connectivity index (χ2v) is 5.19. The minimum atomic E-state index is 0.0199. The van der Waals surface area contributed by atoms with E-state index in [-0.39, 0.29) is 12.0 Å². The van der Waals surface area contributed by atoms with Crippen molar-refractivity contribution in [1.82, 2.24) is 0 Å². The van der Waals surface area contributed by atoms with E-state index in [2.05, 4.69) is 29.3 Å². The summed E-state index contributed by atoms with van der Waals surface area (Å²) in [5.41, 5.74) is 2.34. The summed E-state index contributed by atoms with van der Waals surface area (Å²) >= 11 is 6.46. The van der Waals surface area contributed by atoms with E-state index in [4.69, 9.17) is 11.6 Å². The fourth-order valence-corrected chi connectivity index (χ4v) is 2.53. The predicted molar refractivity (Wildman–Crippen MR) is 83.2 cm³/mol. The van der Waals surface area contributed by atoms with Gasteiger partial charge in [-0.1, -0.05) is 72.3 Å². The van der Waals surface area contributed by atoms with E-state index in [1.54, 1.807) is 0 Å². The van der Waals surface area contributed by atoms with Gasteiger partial charge in [0, 0.05) is 6.04 Å². The third kappa shape index (κ3) is 3.68. The van der Waals surface area contributed by atoms with E-state index in [1.807, 2.05) is 50.2 Å². The molecule has 19 heavy (non-hydrogen) atoms. The van der Waals surface area contributed by atoms with Crippen LogP contribution in [-0.4, -0.2) is 11.2 Å². The summed E-state index contributed by atoms with van der Waals surface area (Å²) in [7, 11) is 0. The Bertz CT molecular complexity index is 492. The van der Waals surface area contributed by atoms with E-state index in [9.17, 15) is 0 Å². The second-order valence-electron chi connectivity index (χ2n) is 4.80. The average Bonchev–Trinajstić information content (AvgIpc) is 2.40. The zero-order valence-electron chi connectivity index (χ0n) is 11.3. The molecule has 0 aliphatic carbocycles. The van der Waals surface area contributed by atoms with Gasteiger partial charge in [-0.3, -0.25) is 4.99 Å². The molecular formula is C17H18ClN. The van der Waals surface area contributed by atoms with Crippen molar-refractivity contribution < 1.29 is 0 Å². The van der Waals surface area contributed by atoms with Gasteiger partial charge < -0.3 is 0 Å². The lowest BCUT2D eigenvalue weighted by Crippen LogP contribution is -2.11. The summed E-state index contributed by atoms with van der Waals surface area (Å²) in [5.74, 6) is 0.0199. The molecule has 0 saturated heterocycles. The van der Waals surface area contributed by atoms with E-state index >= 15 is 0 Å². The maximum Gasteiger partial charge on any atom is 0.112 e. The van der Waals surface area contributed by atoms with Crippen molar-refractivity contribution in [2.75, 3.05) is 0 Å². The molecule has 0 aliphatic heterocycles. The van der Waals surface area contributed by atoms with Crippen molar-refractivity contribution in [3.63, 3.8) is 0 Å². The van der Waals surface area contributed by atoms with Gasteiger partial charge in [0.1, 0.15) is 5.17 Å². The average molecular weight is 272 g/mol. The molecule has 0 fully saturated rings. The lowest BCUT2D eigenvalue weighted by molar-refractivity contribution is 0.830. The van der Waals surface area contributed by atoms with Crippen LogP contribution in [0.25, 0.3) is 0 Å². The van der Waals surface area contributed by atoms with Crippen LogP contribution in [0.1, 0.15) is 30.9 Å². The lowest BCUT2D eigenvalue weighted by atomic mass is 9.92. The van der Waals surface area contributed by atoms with Crippen molar-refractivity contribution >= 4 is 16.8 Å². The first-order chi connectivity index (χ1) is 9.18. The molecule has 0 atom stereocenters. The van der Waals surface area contributed by atoms with Gasteiger partial charge in [0.2, 0.25) is 0 Å². The highest BCUT2D eigenvalue weighted by atomic mass is 35.5. The van der Waals surface area contributed by atoms with Crippen molar-refractivity contribution in [3.8, 4) is 0 Å². The van der Waals surface area contributed by atoms with Crippen LogP contribution in [0.15, 0.2) is 65.7 Å².